The van der Waals surface area contributed by atoms with E-state index in [0.29, 0.717) is 35.5 Å². The molecule has 4 rings (SSSR count). The number of aryl methyl sites for hydroxylation is 2. The fraction of sp³-hybridized carbons (Fsp3) is 0.708. The molecule has 0 saturated heterocycles. The second-order valence-electron chi connectivity index (χ2n) is 9.56. The molecule has 1 saturated carbocycles. The number of carbonyl (C=O) groups is 1. The van der Waals surface area contributed by atoms with Gasteiger partial charge in [-0.1, -0.05) is 12.8 Å². The third-order valence-electron chi connectivity index (χ3n) is 6.85. The Morgan fingerprint density at radius 3 is 2.64 bits per heavy atom. The van der Waals surface area contributed by atoms with E-state index in [2.05, 4.69) is 14.9 Å². The van der Waals surface area contributed by atoms with Gasteiger partial charge in [0.05, 0.1) is 15.7 Å². The Bertz CT molecular complexity index is 932. The molecule has 2 aromatic heterocycles. The van der Waals surface area contributed by atoms with Crippen molar-refractivity contribution >= 4 is 28.5 Å². The summed E-state index contributed by atoms with van der Waals surface area (Å²) in [5, 5.41) is 1.64. The van der Waals surface area contributed by atoms with Gasteiger partial charge < -0.3 is 0 Å². The molecule has 3 heterocycles. The lowest BCUT2D eigenvalue weighted by Gasteiger charge is -2.31. The van der Waals surface area contributed by atoms with Gasteiger partial charge in [0.2, 0.25) is 0 Å². The van der Waals surface area contributed by atoms with E-state index < -0.39 is 12.6 Å². The van der Waals surface area contributed by atoms with Crippen molar-refractivity contribution in [2.24, 2.45) is 11.8 Å². The fourth-order valence-corrected chi connectivity index (χ4v) is 6.91. The van der Waals surface area contributed by atoms with Gasteiger partial charge in [-0.05, 0) is 51.0 Å². The molecule has 1 aliphatic carbocycles. The Morgan fingerprint density at radius 1 is 1.18 bits per heavy atom. The number of aromatic nitrogens is 2. The van der Waals surface area contributed by atoms with Gasteiger partial charge in [-0.25, -0.2) is 9.97 Å². The van der Waals surface area contributed by atoms with Crippen molar-refractivity contribution < 1.29 is 18.0 Å². The number of thiazole rings is 2. The highest BCUT2D eigenvalue weighted by Crippen LogP contribution is 2.34. The smallest absolute Gasteiger partial charge is 0.299 e. The lowest BCUT2D eigenvalue weighted by Crippen LogP contribution is -2.32. The Labute approximate surface area is 201 Å². The first-order chi connectivity index (χ1) is 15.7. The van der Waals surface area contributed by atoms with Crippen LogP contribution in [0, 0.1) is 18.8 Å². The van der Waals surface area contributed by atoms with E-state index in [1.165, 1.54) is 29.1 Å². The lowest BCUT2D eigenvalue weighted by atomic mass is 9.78. The number of nitrogens with zero attached hydrogens (tertiary/aromatic N) is 3. The van der Waals surface area contributed by atoms with Crippen molar-refractivity contribution in [1.82, 2.24) is 14.9 Å². The van der Waals surface area contributed by atoms with E-state index in [0.717, 1.165) is 60.9 Å². The highest BCUT2D eigenvalue weighted by atomic mass is 32.1. The summed E-state index contributed by atoms with van der Waals surface area (Å²) < 4.78 is 37.5. The molecule has 0 bridgehead atoms. The number of alkyl halides is 3. The average molecular weight is 500 g/mol. The summed E-state index contributed by atoms with van der Waals surface area (Å²) >= 11 is 3.08. The van der Waals surface area contributed by atoms with Crippen LogP contribution < -0.4 is 0 Å². The second kappa shape index (κ2) is 11.0. The number of fused-ring (bicyclic) bond motifs is 1. The molecule has 0 amide bonds. The quantitative estimate of drug-likeness (QED) is 0.415. The summed E-state index contributed by atoms with van der Waals surface area (Å²) in [4.78, 5) is 25.8. The van der Waals surface area contributed by atoms with E-state index in [1.54, 1.807) is 11.3 Å². The number of halogens is 3. The van der Waals surface area contributed by atoms with Crippen LogP contribution in [0.2, 0.25) is 0 Å². The molecule has 182 valence electrons. The molecule has 0 unspecified atom stereocenters. The molecule has 2 aliphatic rings. The number of ketones is 1. The molecule has 9 heteroatoms. The number of rotatable bonds is 9. The minimum absolute atomic E-state index is 0.00321. The number of hydrogen-bond donors (Lipinski definition) is 0. The average Bonchev–Trinajstić information content (AvgIpc) is 3.36. The van der Waals surface area contributed by atoms with Crippen molar-refractivity contribution in [2.45, 2.75) is 83.9 Å². The zero-order valence-electron chi connectivity index (χ0n) is 19.1. The Morgan fingerprint density at radius 2 is 1.94 bits per heavy atom. The fourth-order valence-electron chi connectivity index (χ4n) is 5.02. The van der Waals surface area contributed by atoms with Gasteiger partial charge in [0.25, 0.3) is 0 Å². The van der Waals surface area contributed by atoms with Gasteiger partial charge in [0.1, 0.15) is 5.78 Å². The van der Waals surface area contributed by atoms with Crippen LogP contribution in [0.5, 0.6) is 0 Å². The summed E-state index contributed by atoms with van der Waals surface area (Å²) in [6, 6.07) is 0. The van der Waals surface area contributed by atoms with Gasteiger partial charge >= 0.3 is 6.18 Å². The van der Waals surface area contributed by atoms with Crippen LogP contribution >= 0.6 is 22.7 Å². The minimum Gasteiger partial charge on any atom is -0.299 e. The number of Topliss-reactive ketones (excluding diaryl/α,β-unsaturated/α-hetero) is 1. The first-order valence-electron chi connectivity index (χ1n) is 11.9. The second-order valence-corrected chi connectivity index (χ2v) is 12.0. The predicted octanol–water partition coefficient (Wildman–Crippen LogP) is 6.16. The summed E-state index contributed by atoms with van der Waals surface area (Å²) in [5.74, 6) is 1.56. The summed E-state index contributed by atoms with van der Waals surface area (Å²) in [6.45, 7) is 4.72. The molecule has 1 aliphatic heterocycles. The van der Waals surface area contributed by atoms with E-state index >= 15 is 0 Å². The first-order valence-corrected chi connectivity index (χ1v) is 13.6. The third kappa shape index (κ3) is 7.59. The van der Waals surface area contributed by atoms with Crippen molar-refractivity contribution in [3.63, 3.8) is 0 Å². The van der Waals surface area contributed by atoms with E-state index in [1.807, 2.05) is 13.1 Å². The van der Waals surface area contributed by atoms with Crippen LogP contribution in [0.25, 0.3) is 0 Å². The van der Waals surface area contributed by atoms with Crippen molar-refractivity contribution in [3.05, 3.63) is 31.7 Å². The van der Waals surface area contributed by atoms with Gasteiger partial charge in [0, 0.05) is 54.7 Å². The largest absolute Gasteiger partial charge is 0.389 e. The van der Waals surface area contributed by atoms with E-state index in [9.17, 15) is 18.0 Å². The Hall–Kier alpha value is -1.32. The van der Waals surface area contributed by atoms with Gasteiger partial charge in [-0.2, -0.15) is 13.2 Å². The zero-order valence-corrected chi connectivity index (χ0v) is 20.8. The molecule has 1 fully saturated rings. The van der Waals surface area contributed by atoms with Crippen molar-refractivity contribution in [3.8, 4) is 0 Å². The zero-order chi connectivity index (χ0) is 23.4. The number of carbonyl (C=O) groups excluding carboxylic acids is 1. The number of hydrogen-bond acceptors (Lipinski definition) is 6. The molecule has 0 aromatic carbocycles. The van der Waals surface area contributed by atoms with Crippen LogP contribution in [0.3, 0.4) is 0 Å². The minimum atomic E-state index is -4.12. The van der Waals surface area contributed by atoms with Crippen molar-refractivity contribution in [2.75, 3.05) is 13.1 Å². The monoisotopic (exact) mass is 499 g/mol. The van der Waals surface area contributed by atoms with Crippen LogP contribution in [-0.2, 0) is 30.6 Å². The third-order valence-corrected chi connectivity index (χ3v) is 8.98. The maximum absolute atomic E-state index is 12.5. The van der Waals surface area contributed by atoms with Crippen LogP contribution in [0.15, 0.2) is 6.20 Å². The van der Waals surface area contributed by atoms with Gasteiger partial charge in [-0.15, -0.1) is 22.7 Å². The SMILES string of the molecule is Cc1ncc(CC(=O)CC2CCC(CCN3CCc4sc(CCC(F)(F)F)nc4C3)CC2)s1. The maximum Gasteiger partial charge on any atom is 0.389 e. The van der Waals surface area contributed by atoms with Gasteiger partial charge in [-0.3, -0.25) is 9.69 Å². The van der Waals surface area contributed by atoms with Crippen LogP contribution in [-0.4, -0.2) is 39.9 Å². The van der Waals surface area contributed by atoms with Crippen LogP contribution in [0.4, 0.5) is 13.2 Å². The Balaban J connectivity index is 1.15. The molecule has 4 nitrogen and oxygen atoms in total. The summed E-state index contributed by atoms with van der Waals surface area (Å²) in [6.07, 6.45) is 4.83. The molecule has 0 N–H and O–H groups in total. The molecule has 33 heavy (non-hydrogen) atoms. The highest BCUT2D eigenvalue weighted by molar-refractivity contribution is 7.12. The lowest BCUT2D eigenvalue weighted by molar-refractivity contribution is -0.134. The van der Waals surface area contributed by atoms with Crippen molar-refractivity contribution in [1.29, 1.82) is 0 Å². The Kier molecular flexibility index (Phi) is 8.23. The van der Waals surface area contributed by atoms with Gasteiger partial charge in [0.15, 0.2) is 0 Å². The maximum atomic E-state index is 12.5. The molecule has 0 spiro atoms. The first kappa shape index (κ1) is 24.8. The molecular weight excluding hydrogens is 467 g/mol. The highest BCUT2D eigenvalue weighted by Gasteiger charge is 2.29. The van der Waals surface area contributed by atoms with E-state index in [4.69, 9.17) is 0 Å². The molecule has 0 radical (unpaired) electrons. The normalized spacial score (nSPS) is 21.8. The van der Waals surface area contributed by atoms with Crippen LogP contribution in [0.1, 0.15) is 70.4 Å². The molecule has 2 aromatic rings. The topological polar surface area (TPSA) is 46.1 Å². The molecular formula is C24H32F3N3OS2. The summed E-state index contributed by atoms with van der Waals surface area (Å²) in [5.41, 5.74) is 0.988. The van der Waals surface area contributed by atoms with E-state index in [-0.39, 0.29) is 6.42 Å². The summed E-state index contributed by atoms with van der Waals surface area (Å²) in [7, 11) is 0. The standard InChI is InChI=1S/C24H32F3N3OS2/c1-16-28-14-20(32-16)13-19(31)12-18-4-2-17(3-5-18)7-10-30-11-8-22-21(15-30)29-23(33-22)6-9-24(25,26)27/h14,17-18H,2-13,15H2,1H3. The predicted molar refractivity (Wildman–Crippen MR) is 126 cm³/mol. The molecule has 0 atom stereocenters.